The van der Waals surface area contributed by atoms with Crippen molar-refractivity contribution in [3.63, 3.8) is 0 Å². The maximum Gasteiger partial charge on any atom is 0.270 e. The van der Waals surface area contributed by atoms with Gasteiger partial charge in [-0.25, -0.2) is 8.42 Å². The average molecular weight is 333 g/mol. The van der Waals surface area contributed by atoms with Gasteiger partial charge in [-0.1, -0.05) is 20.8 Å². The fraction of sp³-hybridized carbons (Fsp3) is 0.643. The summed E-state index contributed by atoms with van der Waals surface area (Å²) in [5.41, 5.74) is 0.507. The SMILES string of the molecule is CCCn1cc(S(=O)(=O)Cl)cc1C(=O)N1CCC(C)(C)C1. The van der Waals surface area contributed by atoms with Gasteiger partial charge in [-0.3, -0.25) is 4.79 Å². The van der Waals surface area contributed by atoms with Crippen LogP contribution in [0.4, 0.5) is 0 Å². The molecule has 1 fully saturated rings. The molecule has 1 aromatic heterocycles. The molecule has 0 unspecified atom stereocenters. The Balaban J connectivity index is 2.34. The predicted octanol–water partition coefficient (Wildman–Crippen LogP) is 2.70. The van der Waals surface area contributed by atoms with E-state index in [1.807, 2.05) is 6.92 Å². The molecule has 2 heterocycles. The number of aryl methyl sites for hydroxylation is 1. The number of hydrogen-bond acceptors (Lipinski definition) is 3. The number of amides is 1. The molecule has 118 valence electrons. The first-order valence-corrected chi connectivity index (χ1v) is 9.39. The Kier molecular flexibility index (Phi) is 4.40. The largest absolute Gasteiger partial charge is 0.342 e. The Hall–Kier alpha value is -1.01. The Morgan fingerprint density at radius 2 is 2.10 bits per heavy atom. The van der Waals surface area contributed by atoms with Gasteiger partial charge in [0.25, 0.3) is 15.0 Å². The van der Waals surface area contributed by atoms with Crippen LogP contribution >= 0.6 is 10.7 Å². The van der Waals surface area contributed by atoms with E-state index in [0.717, 1.165) is 12.8 Å². The van der Waals surface area contributed by atoms with Crippen molar-refractivity contribution in [1.29, 1.82) is 0 Å². The molecular weight excluding hydrogens is 312 g/mol. The van der Waals surface area contributed by atoms with Crippen LogP contribution in [0.1, 0.15) is 44.1 Å². The minimum absolute atomic E-state index is 0.0144. The van der Waals surface area contributed by atoms with Crippen molar-refractivity contribution < 1.29 is 13.2 Å². The van der Waals surface area contributed by atoms with Crippen molar-refractivity contribution in [3.05, 3.63) is 18.0 Å². The molecule has 2 rings (SSSR count). The number of carbonyl (C=O) groups excluding carboxylic acids is 1. The van der Waals surface area contributed by atoms with Crippen LogP contribution in [0.25, 0.3) is 0 Å². The molecule has 0 radical (unpaired) electrons. The molecule has 21 heavy (non-hydrogen) atoms. The molecule has 1 aromatic rings. The highest BCUT2D eigenvalue weighted by atomic mass is 35.7. The van der Waals surface area contributed by atoms with Gasteiger partial charge in [0, 0.05) is 36.5 Å². The van der Waals surface area contributed by atoms with E-state index in [1.165, 1.54) is 12.3 Å². The van der Waals surface area contributed by atoms with E-state index in [9.17, 15) is 13.2 Å². The number of carbonyl (C=O) groups is 1. The van der Waals surface area contributed by atoms with Crippen LogP contribution in [-0.4, -0.2) is 36.9 Å². The minimum Gasteiger partial charge on any atom is -0.342 e. The molecule has 0 atom stereocenters. The standard InChI is InChI=1S/C14H21ClN2O3S/c1-4-6-16-9-11(21(15,19)20)8-12(16)13(18)17-7-5-14(2,3)10-17/h8-9H,4-7,10H2,1-3H3. The molecule has 0 spiro atoms. The second-order valence-corrected chi connectivity index (χ2v) is 8.90. The maximum absolute atomic E-state index is 12.6. The van der Waals surface area contributed by atoms with Crippen molar-refractivity contribution in [2.45, 2.75) is 45.1 Å². The first kappa shape index (κ1) is 16.4. The van der Waals surface area contributed by atoms with Gasteiger partial charge in [0.15, 0.2) is 0 Å². The van der Waals surface area contributed by atoms with E-state index in [1.54, 1.807) is 9.47 Å². The van der Waals surface area contributed by atoms with Gasteiger partial charge in [-0.05, 0) is 24.3 Å². The van der Waals surface area contributed by atoms with Crippen LogP contribution in [0.5, 0.6) is 0 Å². The van der Waals surface area contributed by atoms with Gasteiger partial charge in [-0.15, -0.1) is 0 Å². The maximum atomic E-state index is 12.6. The number of halogens is 1. The van der Waals surface area contributed by atoms with E-state index in [-0.39, 0.29) is 16.2 Å². The summed E-state index contributed by atoms with van der Waals surface area (Å²) in [6, 6.07) is 1.38. The number of aromatic nitrogens is 1. The summed E-state index contributed by atoms with van der Waals surface area (Å²) in [5.74, 6) is -0.124. The number of rotatable bonds is 4. The van der Waals surface area contributed by atoms with Crippen molar-refractivity contribution in [3.8, 4) is 0 Å². The fourth-order valence-corrected chi connectivity index (χ4v) is 3.43. The molecule has 5 nitrogen and oxygen atoms in total. The van der Waals surface area contributed by atoms with Gasteiger partial charge in [0.1, 0.15) is 10.6 Å². The lowest BCUT2D eigenvalue weighted by atomic mass is 9.93. The van der Waals surface area contributed by atoms with E-state index < -0.39 is 9.05 Å². The molecule has 1 aliphatic heterocycles. The predicted molar refractivity (Wildman–Crippen MR) is 82.1 cm³/mol. The number of likely N-dealkylation sites (tertiary alicyclic amines) is 1. The number of nitrogens with zero attached hydrogens (tertiary/aromatic N) is 2. The summed E-state index contributed by atoms with van der Waals surface area (Å²) < 4.78 is 24.6. The Labute approximate surface area is 130 Å². The molecule has 1 saturated heterocycles. The summed E-state index contributed by atoms with van der Waals surface area (Å²) in [4.78, 5) is 14.4. The molecule has 1 amide bonds. The molecular formula is C14H21ClN2O3S. The minimum atomic E-state index is -3.82. The Morgan fingerprint density at radius 1 is 1.43 bits per heavy atom. The van der Waals surface area contributed by atoms with Crippen molar-refractivity contribution in [2.75, 3.05) is 13.1 Å². The average Bonchev–Trinajstić information content (AvgIpc) is 2.92. The molecule has 0 bridgehead atoms. The van der Waals surface area contributed by atoms with Crippen LogP contribution in [0.3, 0.4) is 0 Å². The van der Waals surface area contributed by atoms with Gasteiger partial charge in [0.05, 0.1) is 0 Å². The normalized spacial score (nSPS) is 18.2. The highest BCUT2D eigenvalue weighted by Gasteiger charge is 2.34. The van der Waals surface area contributed by atoms with Crippen LogP contribution in [0.2, 0.25) is 0 Å². The van der Waals surface area contributed by atoms with E-state index in [2.05, 4.69) is 13.8 Å². The highest BCUT2D eigenvalue weighted by molar-refractivity contribution is 8.13. The third-order valence-electron chi connectivity index (χ3n) is 3.80. The van der Waals surface area contributed by atoms with E-state index in [4.69, 9.17) is 10.7 Å². The monoisotopic (exact) mass is 332 g/mol. The molecule has 0 aromatic carbocycles. The van der Waals surface area contributed by atoms with Gasteiger partial charge in [0.2, 0.25) is 0 Å². The summed E-state index contributed by atoms with van der Waals surface area (Å²) in [7, 11) is 1.57. The number of hydrogen-bond donors (Lipinski definition) is 0. The summed E-state index contributed by atoms with van der Waals surface area (Å²) >= 11 is 0. The lowest BCUT2D eigenvalue weighted by Gasteiger charge is -2.20. The fourth-order valence-electron chi connectivity index (χ4n) is 2.67. The van der Waals surface area contributed by atoms with Crippen molar-refractivity contribution >= 4 is 25.6 Å². The van der Waals surface area contributed by atoms with Crippen LogP contribution < -0.4 is 0 Å². The lowest BCUT2D eigenvalue weighted by Crippen LogP contribution is -2.31. The zero-order valence-corrected chi connectivity index (χ0v) is 14.2. The molecule has 0 saturated carbocycles. The third-order valence-corrected chi connectivity index (χ3v) is 5.12. The Morgan fingerprint density at radius 3 is 2.57 bits per heavy atom. The van der Waals surface area contributed by atoms with Gasteiger partial charge < -0.3 is 9.47 Å². The van der Waals surface area contributed by atoms with Crippen molar-refractivity contribution in [2.24, 2.45) is 5.41 Å². The van der Waals surface area contributed by atoms with Gasteiger partial charge in [-0.2, -0.15) is 0 Å². The zero-order chi connectivity index (χ0) is 15.8. The van der Waals surface area contributed by atoms with E-state index in [0.29, 0.717) is 25.3 Å². The topological polar surface area (TPSA) is 59.4 Å². The quantitative estimate of drug-likeness (QED) is 0.796. The van der Waals surface area contributed by atoms with Gasteiger partial charge >= 0.3 is 0 Å². The molecule has 0 aliphatic carbocycles. The molecule has 1 aliphatic rings. The van der Waals surface area contributed by atoms with Crippen LogP contribution in [0.15, 0.2) is 17.2 Å². The Bertz CT molecular complexity index is 649. The smallest absolute Gasteiger partial charge is 0.270 e. The third kappa shape index (κ3) is 3.61. The van der Waals surface area contributed by atoms with Crippen LogP contribution in [-0.2, 0) is 15.6 Å². The first-order chi connectivity index (χ1) is 9.64. The summed E-state index contributed by atoms with van der Waals surface area (Å²) in [5, 5.41) is 0. The second-order valence-electron chi connectivity index (χ2n) is 6.33. The summed E-state index contributed by atoms with van der Waals surface area (Å²) in [6.45, 7) is 8.20. The lowest BCUT2D eigenvalue weighted by molar-refractivity contribution is 0.0767. The summed E-state index contributed by atoms with van der Waals surface area (Å²) in [6.07, 6.45) is 3.20. The molecule has 0 N–H and O–H groups in total. The zero-order valence-electron chi connectivity index (χ0n) is 12.6. The van der Waals surface area contributed by atoms with Crippen LogP contribution in [0, 0.1) is 5.41 Å². The highest BCUT2D eigenvalue weighted by Crippen LogP contribution is 2.30. The second kappa shape index (κ2) is 5.65. The van der Waals surface area contributed by atoms with Crippen molar-refractivity contribution in [1.82, 2.24) is 9.47 Å². The van der Waals surface area contributed by atoms with E-state index >= 15 is 0 Å². The first-order valence-electron chi connectivity index (χ1n) is 7.08. The molecule has 7 heteroatoms.